The molecule has 0 saturated carbocycles. The Labute approximate surface area is 112 Å². The fourth-order valence-corrected chi connectivity index (χ4v) is 1.86. The monoisotopic (exact) mass is 249 g/mol. The molecule has 1 aromatic rings. The van der Waals surface area contributed by atoms with Gasteiger partial charge in [0.1, 0.15) is 0 Å². The Morgan fingerprint density at radius 1 is 0.944 bits per heavy atom. The zero-order valence-corrected chi connectivity index (χ0v) is 11.7. The van der Waals surface area contributed by atoms with E-state index >= 15 is 0 Å². The molecule has 0 amide bonds. The lowest BCUT2D eigenvalue weighted by atomic mass is 10.2. The second kappa shape index (κ2) is 11.2. The van der Waals surface area contributed by atoms with Crippen molar-refractivity contribution in [2.24, 2.45) is 0 Å². The maximum absolute atomic E-state index is 5.59. The van der Waals surface area contributed by atoms with Gasteiger partial charge in [-0.3, -0.25) is 0 Å². The maximum Gasteiger partial charge on any atom is 0.0478 e. The molecule has 0 bridgehead atoms. The number of ether oxygens (including phenoxy) is 1. The lowest BCUT2D eigenvalue weighted by Gasteiger charge is -2.06. The van der Waals surface area contributed by atoms with Crippen LogP contribution in [0.4, 0.5) is 0 Å². The summed E-state index contributed by atoms with van der Waals surface area (Å²) in [7, 11) is 0. The number of benzene rings is 1. The Hall–Kier alpha value is -0.860. The molecule has 2 nitrogen and oxygen atoms in total. The van der Waals surface area contributed by atoms with Gasteiger partial charge in [-0.2, -0.15) is 0 Å². The summed E-state index contributed by atoms with van der Waals surface area (Å²) < 4.78 is 5.59. The Balaban J connectivity index is 1.82. The van der Waals surface area contributed by atoms with Crippen molar-refractivity contribution in [3.05, 3.63) is 35.9 Å². The number of rotatable bonds is 11. The Morgan fingerprint density at radius 3 is 2.50 bits per heavy atom. The number of nitrogens with one attached hydrogen (secondary N) is 1. The second-order valence-corrected chi connectivity index (χ2v) is 4.69. The van der Waals surface area contributed by atoms with E-state index in [1.165, 1.54) is 31.2 Å². The first-order valence-corrected chi connectivity index (χ1v) is 7.26. The van der Waals surface area contributed by atoms with Gasteiger partial charge in [0.05, 0.1) is 0 Å². The fourth-order valence-electron chi connectivity index (χ4n) is 1.86. The summed E-state index contributed by atoms with van der Waals surface area (Å²) in [4.78, 5) is 0. The van der Waals surface area contributed by atoms with Gasteiger partial charge in [0.25, 0.3) is 0 Å². The Kier molecular flexibility index (Phi) is 9.49. The molecular weight excluding hydrogens is 222 g/mol. The van der Waals surface area contributed by atoms with Gasteiger partial charge < -0.3 is 10.1 Å². The third kappa shape index (κ3) is 8.26. The molecule has 2 heteroatoms. The SMILES string of the molecule is CCCCCCOCCCNCc1ccccc1. The van der Waals surface area contributed by atoms with Crippen LogP contribution in [0.3, 0.4) is 0 Å². The summed E-state index contributed by atoms with van der Waals surface area (Å²) in [6.45, 7) is 6.03. The first-order chi connectivity index (χ1) is 8.93. The highest BCUT2D eigenvalue weighted by molar-refractivity contribution is 5.14. The molecule has 0 radical (unpaired) electrons. The maximum atomic E-state index is 5.59. The zero-order valence-electron chi connectivity index (χ0n) is 11.7. The van der Waals surface area contributed by atoms with Gasteiger partial charge in [0, 0.05) is 19.8 Å². The molecule has 18 heavy (non-hydrogen) atoms. The molecule has 0 saturated heterocycles. The molecule has 0 heterocycles. The largest absolute Gasteiger partial charge is 0.381 e. The first kappa shape index (κ1) is 15.2. The minimum Gasteiger partial charge on any atom is -0.381 e. The van der Waals surface area contributed by atoms with Gasteiger partial charge in [-0.25, -0.2) is 0 Å². The minimum atomic E-state index is 0.883. The Bertz CT molecular complexity index is 274. The third-order valence-corrected chi connectivity index (χ3v) is 2.96. The molecule has 0 fully saturated rings. The molecule has 0 aliphatic carbocycles. The number of hydrogen-bond acceptors (Lipinski definition) is 2. The van der Waals surface area contributed by atoms with Crippen molar-refractivity contribution in [1.82, 2.24) is 5.32 Å². The zero-order chi connectivity index (χ0) is 12.9. The van der Waals surface area contributed by atoms with Crippen LogP contribution in [0, 0.1) is 0 Å². The van der Waals surface area contributed by atoms with Gasteiger partial charge in [-0.15, -0.1) is 0 Å². The van der Waals surface area contributed by atoms with Crippen LogP contribution in [-0.2, 0) is 11.3 Å². The van der Waals surface area contributed by atoms with E-state index in [2.05, 4.69) is 42.6 Å². The third-order valence-electron chi connectivity index (χ3n) is 2.96. The van der Waals surface area contributed by atoms with Crippen molar-refractivity contribution in [2.75, 3.05) is 19.8 Å². The molecule has 1 rings (SSSR count). The van der Waals surface area contributed by atoms with E-state index in [1.807, 2.05) is 0 Å². The topological polar surface area (TPSA) is 21.3 Å². The van der Waals surface area contributed by atoms with Crippen molar-refractivity contribution < 1.29 is 4.74 Å². The van der Waals surface area contributed by atoms with Gasteiger partial charge >= 0.3 is 0 Å². The second-order valence-electron chi connectivity index (χ2n) is 4.69. The van der Waals surface area contributed by atoms with Gasteiger partial charge in [-0.1, -0.05) is 56.5 Å². The molecule has 0 aromatic heterocycles. The van der Waals surface area contributed by atoms with Gasteiger partial charge in [-0.05, 0) is 24.9 Å². The van der Waals surface area contributed by atoms with E-state index in [9.17, 15) is 0 Å². The lowest BCUT2D eigenvalue weighted by molar-refractivity contribution is 0.127. The summed E-state index contributed by atoms with van der Waals surface area (Å²) in [6.07, 6.45) is 6.25. The van der Waals surface area contributed by atoms with Crippen LogP contribution in [0.15, 0.2) is 30.3 Å². The highest BCUT2D eigenvalue weighted by Crippen LogP contribution is 1.99. The lowest BCUT2D eigenvalue weighted by Crippen LogP contribution is -2.16. The van der Waals surface area contributed by atoms with Crippen molar-refractivity contribution in [3.63, 3.8) is 0 Å². The van der Waals surface area contributed by atoms with E-state index in [0.717, 1.165) is 32.7 Å². The summed E-state index contributed by atoms with van der Waals surface area (Å²) in [5.74, 6) is 0. The van der Waals surface area contributed by atoms with Crippen LogP contribution in [0.5, 0.6) is 0 Å². The molecular formula is C16H27NO. The highest BCUT2D eigenvalue weighted by Gasteiger charge is 1.92. The minimum absolute atomic E-state index is 0.883. The van der Waals surface area contributed by atoms with Crippen LogP contribution in [0.1, 0.15) is 44.6 Å². The summed E-state index contributed by atoms with van der Waals surface area (Å²) >= 11 is 0. The van der Waals surface area contributed by atoms with Crippen LogP contribution >= 0.6 is 0 Å². The summed E-state index contributed by atoms with van der Waals surface area (Å²) in [6, 6.07) is 10.5. The molecule has 0 unspecified atom stereocenters. The number of unbranched alkanes of at least 4 members (excludes halogenated alkanes) is 3. The van der Waals surface area contributed by atoms with E-state index < -0.39 is 0 Å². The number of hydrogen-bond donors (Lipinski definition) is 1. The van der Waals surface area contributed by atoms with Gasteiger partial charge in [0.15, 0.2) is 0 Å². The fraction of sp³-hybridized carbons (Fsp3) is 0.625. The predicted octanol–water partition coefficient (Wildman–Crippen LogP) is 3.76. The summed E-state index contributed by atoms with van der Waals surface area (Å²) in [5.41, 5.74) is 1.35. The van der Waals surface area contributed by atoms with E-state index in [-0.39, 0.29) is 0 Å². The van der Waals surface area contributed by atoms with E-state index in [4.69, 9.17) is 4.74 Å². The van der Waals surface area contributed by atoms with Crippen molar-refractivity contribution in [2.45, 2.75) is 45.6 Å². The van der Waals surface area contributed by atoms with E-state index in [0.29, 0.717) is 0 Å². The standard InChI is InChI=1S/C16H27NO/c1-2-3-4-8-13-18-14-9-12-17-15-16-10-6-5-7-11-16/h5-7,10-11,17H,2-4,8-9,12-15H2,1H3. The summed E-state index contributed by atoms with van der Waals surface area (Å²) in [5, 5.41) is 3.43. The molecule has 1 N–H and O–H groups in total. The molecule has 0 aliphatic heterocycles. The van der Waals surface area contributed by atoms with Crippen molar-refractivity contribution in [1.29, 1.82) is 0 Å². The van der Waals surface area contributed by atoms with Crippen LogP contribution in [0.2, 0.25) is 0 Å². The van der Waals surface area contributed by atoms with Crippen LogP contribution in [-0.4, -0.2) is 19.8 Å². The molecule has 0 aliphatic rings. The normalized spacial score (nSPS) is 10.7. The van der Waals surface area contributed by atoms with Crippen molar-refractivity contribution >= 4 is 0 Å². The molecule has 0 spiro atoms. The molecule has 102 valence electrons. The average molecular weight is 249 g/mol. The smallest absolute Gasteiger partial charge is 0.0478 e. The molecule has 1 aromatic carbocycles. The Morgan fingerprint density at radius 2 is 1.72 bits per heavy atom. The predicted molar refractivity (Wildman–Crippen MR) is 77.7 cm³/mol. The van der Waals surface area contributed by atoms with E-state index in [1.54, 1.807) is 0 Å². The van der Waals surface area contributed by atoms with Crippen LogP contribution < -0.4 is 5.32 Å². The first-order valence-electron chi connectivity index (χ1n) is 7.26. The molecule has 0 atom stereocenters. The van der Waals surface area contributed by atoms with Crippen molar-refractivity contribution in [3.8, 4) is 0 Å². The highest BCUT2D eigenvalue weighted by atomic mass is 16.5. The van der Waals surface area contributed by atoms with Crippen LogP contribution in [0.25, 0.3) is 0 Å². The van der Waals surface area contributed by atoms with Gasteiger partial charge in [0.2, 0.25) is 0 Å². The quantitative estimate of drug-likeness (QED) is 0.603. The average Bonchev–Trinajstić information content (AvgIpc) is 2.42.